The molecule has 0 radical (unpaired) electrons. The van der Waals surface area contributed by atoms with E-state index < -0.39 is 11.9 Å². The highest BCUT2D eigenvalue weighted by atomic mass is 16.4. The summed E-state index contributed by atoms with van der Waals surface area (Å²) < 4.78 is 0. The van der Waals surface area contributed by atoms with E-state index in [0.717, 1.165) is 6.42 Å². The molecule has 0 aromatic heterocycles. The minimum atomic E-state index is -0.845. The fourth-order valence-electron chi connectivity index (χ4n) is 2.42. The van der Waals surface area contributed by atoms with Crippen LogP contribution in [0.5, 0.6) is 0 Å². The Hall–Kier alpha value is -1.30. The number of hydrogen-bond acceptors (Lipinski definition) is 3. The quantitative estimate of drug-likeness (QED) is 0.757. The maximum absolute atomic E-state index is 12.3. The minimum absolute atomic E-state index is 0.0731. The molecule has 0 aromatic rings. The molecule has 6 nitrogen and oxygen atoms in total. The predicted octanol–water partition coefficient (Wildman–Crippen LogP) is 0.606. The summed E-state index contributed by atoms with van der Waals surface area (Å²) >= 11 is 0. The molecule has 0 aromatic carbocycles. The Morgan fingerprint density at radius 3 is 2.50 bits per heavy atom. The van der Waals surface area contributed by atoms with E-state index in [1.807, 2.05) is 6.92 Å². The Balaban J connectivity index is 2.68. The number of carbonyl (C=O) groups excluding carboxylic acids is 1. The van der Waals surface area contributed by atoms with E-state index >= 15 is 0 Å². The van der Waals surface area contributed by atoms with Crippen LogP contribution in [0, 0.1) is 5.92 Å². The topological polar surface area (TPSA) is 81.1 Å². The lowest BCUT2D eigenvalue weighted by Crippen LogP contribution is -2.47. The predicted molar refractivity (Wildman–Crippen MR) is 66.3 cm³/mol. The zero-order valence-corrected chi connectivity index (χ0v) is 11.0. The lowest BCUT2D eigenvalue weighted by molar-refractivity contribution is -0.142. The minimum Gasteiger partial charge on any atom is -0.481 e. The van der Waals surface area contributed by atoms with Crippen LogP contribution in [0.1, 0.15) is 26.7 Å². The first-order valence-electron chi connectivity index (χ1n) is 6.42. The molecule has 0 aliphatic carbocycles. The number of likely N-dealkylation sites (tertiary alicyclic amines) is 1. The van der Waals surface area contributed by atoms with E-state index in [2.05, 4.69) is 0 Å². The van der Waals surface area contributed by atoms with E-state index in [9.17, 15) is 9.59 Å². The molecule has 1 rings (SSSR count). The molecule has 2 atom stereocenters. The Bertz CT molecular complexity index is 302. The van der Waals surface area contributed by atoms with Crippen molar-refractivity contribution in [2.75, 3.05) is 26.2 Å². The fourth-order valence-corrected chi connectivity index (χ4v) is 2.42. The number of rotatable bonds is 5. The Morgan fingerprint density at radius 2 is 2.06 bits per heavy atom. The van der Waals surface area contributed by atoms with Crippen LogP contribution >= 0.6 is 0 Å². The van der Waals surface area contributed by atoms with E-state index in [0.29, 0.717) is 26.1 Å². The monoisotopic (exact) mass is 258 g/mol. The summed E-state index contributed by atoms with van der Waals surface area (Å²) in [4.78, 5) is 26.4. The molecule has 2 amide bonds. The smallest absolute Gasteiger partial charge is 0.320 e. The lowest BCUT2D eigenvalue weighted by Gasteiger charge is -2.30. The Labute approximate surface area is 107 Å². The summed E-state index contributed by atoms with van der Waals surface area (Å²) in [6, 6.07) is -0.449. The van der Waals surface area contributed by atoms with Crippen LogP contribution in [-0.4, -0.2) is 64.3 Å². The number of aliphatic hydroxyl groups excluding tert-OH is 1. The van der Waals surface area contributed by atoms with Crippen molar-refractivity contribution in [3.8, 4) is 0 Å². The third-order valence-electron chi connectivity index (χ3n) is 3.45. The first-order valence-corrected chi connectivity index (χ1v) is 6.42. The van der Waals surface area contributed by atoms with E-state index in [4.69, 9.17) is 10.2 Å². The van der Waals surface area contributed by atoms with Gasteiger partial charge in [0.1, 0.15) is 0 Å². The summed E-state index contributed by atoms with van der Waals surface area (Å²) in [5.74, 6) is -1.33. The highest BCUT2D eigenvalue weighted by Gasteiger charge is 2.39. The van der Waals surface area contributed by atoms with Crippen molar-refractivity contribution in [2.24, 2.45) is 5.92 Å². The molecule has 18 heavy (non-hydrogen) atoms. The van der Waals surface area contributed by atoms with Gasteiger partial charge in [0.15, 0.2) is 0 Å². The summed E-state index contributed by atoms with van der Waals surface area (Å²) in [5.41, 5.74) is 0. The number of hydrogen-bond donors (Lipinski definition) is 2. The summed E-state index contributed by atoms with van der Waals surface area (Å²) in [7, 11) is 0. The zero-order chi connectivity index (χ0) is 13.7. The fraction of sp³-hybridized carbons (Fsp3) is 0.833. The van der Waals surface area contributed by atoms with Crippen molar-refractivity contribution >= 4 is 12.0 Å². The summed E-state index contributed by atoms with van der Waals surface area (Å²) in [6.07, 6.45) is 1.32. The highest BCUT2D eigenvalue weighted by Crippen LogP contribution is 2.25. The molecule has 1 aliphatic rings. The van der Waals surface area contributed by atoms with Crippen LogP contribution in [0.4, 0.5) is 4.79 Å². The molecule has 2 N–H and O–H groups in total. The van der Waals surface area contributed by atoms with Gasteiger partial charge in [-0.3, -0.25) is 4.79 Å². The number of carbonyl (C=O) groups is 2. The lowest BCUT2D eigenvalue weighted by atomic mass is 10.0. The molecule has 0 bridgehead atoms. The normalized spacial score (nSPS) is 23.2. The van der Waals surface area contributed by atoms with Gasteiger partial charge >= 0.3 is 12.0 Å². The average molecular weight is 258 g/mol. The zero-order valence-electron chi connectivity index (χ0n) is 11.0. The van der Waals surface area contributed by atoms with Gasteiger partial charge in [-0.15, -0.1) is 0 Å². The maximum Gasteiger partial charge on any atom is 0.320 e. The summed E-state index contributed by atoms with van der Waals surface area (Å²) in [6.45, 7) is 5.02. The van der Waals surface area contributed by atoms with Crippen molar-refractivity contribution in [1.29, 1.82) is 0 Å². The number of nitrogens with zero attached hydrogens (tertiary/aromatic N) is 2. The Morgan fingerprint density at radius 1 is 1.39 bits per heavy atom. The molecule has 0 spiro atoms. The number of aliphatic carboxylic acids is 1. The van der Waals surface area contributed by atoms with Gasteiger partial charge in [0.2, 0.25) is 0 Å². The second-order valence-electron chi connectivity index (χ2n) is 4.66. The van der Waals surface area contributed by atoms with E-state index in [1.165, 1.54) is 0 Å². The highest BCUT2D eigenvalue weighted by molar-refractivity contribution is 5.78. The average Bonchev–Trinajstić information content (AvgIpc) is 2.70. The van der Waals surface area contributed by atoms with Crippen LogP contribution in [0.2, 0.25) is 0 Å². The second-order valence-corrected chi connectivity index (χ2v) is 4.66. The first-order chi connectivity index (χ1) is 8.52. The standard InChI is InChI=1S/C12H22N2O4/c1-3-5-13(7-8-15)12(18)14-6-4-10(9(14)2)11(16)17/h9-10,15H,3-8H2,1-2H3,(H,16,17). The van der Waals surface area contributed by atoms with Gasteiger partial charge < -0.3 is 20.0 Å². The first kappa shape index (κ1) is 14.8. The largest absolute Gasteiger partial charge is 0.481 e. The van der Waals surface area contributed by atoms with Gasteiger partial charge in [-0.1, -0.05) is 6.92 Å². The third-order valence-corrected chi connectivity index (χ3v) is 3.45. The number of urea groups is 1. The van der Waals surface area contributed by atoms with Crippen LogP contribution < -0.4 is 0 Å². The van der Waals surface area contributed by atoms with Gasteiger partial charge in [0.05, 0.1) is 12.5 Å². The van der Waals surface area contributed by atoms with Crippen LogP contribution in [0.25, 0.3) is 0 Å². The van der Waals surface area contributed by atoms with Gasteiger partial charge in [-0.25, -0.2) is 4.79 Å². The van der Waals surface area contributed by atoms with Crippen molar-refractivity contribution in [2.45, 2.75) is 32.7 Å². The number of aliphatic hydroxyl groups is 1. The molecule has 104 valence electrons. The molecule has 6 heteroatoms. The summed E-state index contributed by atoms with van der Waals surface area (Å²) in [5, 5.41) is 18.0. The molecule has 1 heterocycles. The van der Waals surface area contributed by atoms with Crippen LogP contribution in [0.15, 0.2) is 0 Å². The Kier molecular flexibility index (Phi) is 5.40. The number of carboxylic acids is 1. The van der Waals surface area contributed by atoms with Gasteiger partial charge in [0.25, 0.3) is 0 Å². The van der Waals surface area contributed by atoms with Crippen molar-refractivity contribution < 1.29 is 19.8 Å². The van der Waals surface area contributed by atoms with Gasteiger partial charge in [-0.2, -0.15) is 0 Å². The van der Waals surface area contributed by atoms with Gasteiger partial charge in [0, 0.05) is 25.7 Å². The number of carboxylic acid groups (broad SMARTS) is 1. The molecular weight excluding hydrogens is 236 g/mol. The van der Waals surface area contributed by atoms with Crippen molar-refractivity contribution in [1.82, 2.24) is 9.80 Å². The number of amides is 2. The molecular formula is C12H22N2O4. The van der Waals surface area contributed by atoms with Crippen molar-refractivity contribution in [3.05, 3.63) is 0 Å². The second kappa shape index (κ2) is 6.58. The molecule has 1 aliphatic heterocycles. The van der Waals surface area contributed by atoms with E-state index in [-0.39, 0.29) is 18.7 Å². The molecule has 0 saturated carbocycles. The third kappa shape index (κ3) is 3.13. The van der Waals surface area contributed by atoms with E-state index in [1.54, 1.807) is 16.7 Å². The molecule has 1 saturated heterocycles. The SMILES string of the molecule is CCCN(CCO)C(=O)N1CCC(C(=O)O)C1C. The van der Waals surface area contributed by atoms with Gasteiger partial charge in [-0.05, 0) is 19.8 Å². The molecule has 2 unspecified atom stereocenters. The van der Waals surface area contributed by atoms with Crippen LogP contribution in [-0.2, 0) is 4.79 Å². The maximum atomic E-state index is 12.3. The molecule has 1 fully saturated rings. The van der Waals surface area contributed by atoms with Crippen molar-refractivity contribution in [3.63, 3.8) is 0 Å². The van der Waals surface area contributed by atoms with Crippen LogP contribution in [0.3, 0.4) is 0 Å².